The number of nitrogens with one attached hydrogen (secondary N) is 3. The lowest BCUT2D eigenvalue weighted by Crippen LogP contribution is -2.67. The topological polar surface area (TPSA) is 165 Å². The predicted octanol–water partition coefficient (Wildman–Crippen LogP) is 2.74. The highest BCUT2D eigenvalue weighted by atomic mass is 19.1. The third kappa shape index (κ3) is 6.51. The van der Waals surface area contributed by atoms with Crippen molar-refractivity contribution in [2.24, 2.45) is 11.8 Å². The first kappa shape index (κ1) is 29.1. The molecule has 0 aliphatic carbocycles. The van der Waals surface area contributed by atoms with E-state index in [9.17, 15) is 33.5 Å². The third-order valence-corrected chi connectivity index (χ3v) is 6.37. The molecule has 3 unspecified atom stereocenters. The molecule has 11 nitrogen and oxygen atoms in total. The molecule has 3 rings (SSSR count). The quantitative estimate of drug-likeness (QED) is 0.325. The molecule has 1 saturated heterocycles. The van der Waals surface area contributed by atoms with Crippen molar-refractivity contribution in [3.8, 4) is 0 Å². The van der Waals surface area contributed by atoms with Crippen LogP contribution in [0.15, 0.2) is 48.5 Å². The molecule has 1 heterocycles. The first-order valence-corrected chi connectivity index (χ1v) is 12.3. The summed E-state index contributed by atoms with van der Waals surface area (Å²) in [5.41, 5.74) is -1.68. The fraction of sp³-hybridized carbons (Fsp3) is 0.370. The largest absolute Gasteiger partial charge is 0.481 e. The van der Waals surface area contributed by atoms with Crippen LogP contribution in [0.2, 0.25) is 0 Å². The van der Waals surface area contributed by atoms with Gasteiger partial charge in [0.25, 0.3) is 5.91 Å². The van der Waals surface area contributed by atoms with Gasteiger partial charge in [-0.3, -0.25) is 19.2 Å². The Morgan fingerprint density at radius 3 is 2.36 bits per heavy atom. The Bertz CT molecular complexity index is 1280. The van der Waals surface area contributed by atoms with Crippen molar-refractivity contribution in [2.75, 3.05) is 11.9 Å². The summed E-state index contributed by atoms with van der Waals surface area (Å²) < 4.78 is 14.9. The van der Waals surface area contributed by atoms with Crippen molar-refractivity contribution in [3.05, 3.63) is 65.5 Å². The number of rotatable bonds is 9. The maximum Gasteiger partial charge on any atom is 0.321 e. The van der Waals surface area contributed by atoms with Gasteiger partial charge in [0, 0.05) is 31.1 Å². The number of hydrogen-bond donors (Lipinski definition) is 5. The number of amides is 4. The second-order valence-electron chi connectivity index (χ2n) is 9.82. The molecule has 3 atom stereocenters. The molecule has 0 spiro atoms. The highest BCUT2D eigenvalue weighted by Gasteiger charge is 2.61. The number of aliphatic carboxylic acids is 2. The number of halogens is 1. The minimum Gasteiger partial charge on any atom is -0.481 e. The first-order chi connectivity index (χ1) is 18.4. The monoisotopic (exact) mass is 542 g/mol. The van der Waals surface area contributed by atoms with Crippen molar-refractivity contribution < 1.29 is 38.6 Å². The Hall–Kier alpha value is -4.48. The Kier molecular flexibility index (Phi) is 8.89. The number of carboxylic acid groups (broad SMARTS) is 2. The van der Waals surface area contributed by atoms with Crippen molar-refractivity contribution in [2.45, 2.75) is 45.3 Å². The molecule has 39 heavy (non-hydrogen) atoms. The zero-order valence-corrected chi connectivity index (χ0v) is 21.7. The standard InChI is InChI=1S/C27H31FN4O7/c1-15(2)14-29-25(38)27(31-26(39)30-18-8-6-7-17(11-18)12-22(34)35)13-20(24(36)37)23(32(27)16(3)33)19-9-4-5-10-21(19)28/h4-11,15,20,23H,12-14H2,1-3H3,(H,29,38)(H,34,35)(H,36,37)(H2,30,31,39). The van der Waals surface area contributed by atoms with Crippen molar-refractivity contribution in [3.63, 3.8) is 0 Å². The van der Waals surface area contributed by atoms with Gasteiger partial charge < -0.3 is 31.1 Å². The Labute approximate surface area is 224 Å². The number of benzene rings is 2. The summed E-state index contributed by atoms with van der Waals surface area (Å²) in [4.78, 5) is 64.3. The van der Waals surface area contributed by atoms with E-state index in [0.717, 1.165) is 17.9 Å². The molecule has 1 fully saturated rings. The smallest absolute Gasteiger partial charge is 0.321 e. The molecule has 12 heteroatoms. The summed E-state index contributed by atoms with van der Waals surface area (Å²) in [6.45, 7) is 4.93. The minimum absolute atomic E-state index is 0.0124. The van der Waals surface area contributed by atoms with Gasteiger partial charge in [0.15, 0.2) is 5.66 Å². The van der Waals surface area contributed by atoms with Crippen LogP contribution in [0.3, 0.4) is 0 Å². The van der Waals surface area contributed by atoms with Crippen molar-refractivity contribution in [1.82, 2.24) is 15.5 Å². The second-order valence-corrected chi connectivity index (χ2v) is 9.82. The minimum atomic E-state index is -2.18. The summed E-state index contributed by atoms with van der Waals surface area (Å²) in [6.07, 6.45) is -0.821. The fourth-order valence-corrected chi connectivity index (χ4v) is 4.80. The molecule has 1 aliphatic heterocycles. The van der Waals surface area contributed by atoms with Crippen LogP contribution in [-0.4, -0.2) is 57.1 Å². The van der Waals surface area contributed by atoms with Gasteiger partial charge in [0.1, 0.15) is 5.82 Å². The van der Waals surface area contributed by atoms with Crippen molar-refractivity contribution in [1.29, 1.82) is 0 Å². The van der Waals surface area contributed by atoms with E-state index in [-0.39, 0.29) is 30.1 Å². The molecule has 0 bridgehead atoms. The average Bonchev–Trinajstić information content (AvgIpc) is 3.18. The fourth-order valence-electron chi connectivity index (χ4n) is 4.80. The van der Waals surface area contributed by atoms with E-state index < -0.39 is 59.6 Å². The van der Waals surface area contributed by atoms with Crippen LogP contribution in [-0.2, 0) is 25.6 Å². The van der Waals surface area contributed by atoms with Crippen LogP contribution in [0.4, 0.5) is 14.9 Å². The number of urea groups is 1. The maximum absolute atomic E-state index is 14.9. The second kappa shape index (κ2) is 11.9. The van der Waals surface area contributed by atoms with Gasteiger partial charge in [0.05, 0.1) is 18.4 Å². The molecule has 1 aliphatic rings. The van der Waals surface area contributed by atoms with E-state index in [1.807, 2.05) is 13.8 Å². The van der Waals surface area contributed by atoms with Gasteiger partial charge in [-0.05, 0) is 29.7 Å². The van der Waals surface area contributed by atoms with E-state index in [0.29, 0.717) is 5.56 Å². The zero-order valence-electron chi connectivity index (χ0n) is 21.7. The average molecular weight is 543 g/mol. The molecule has 0 aromatic heterocycles. The van der Waals surface area contributed by atoms with Gasteiger partial charge in [-0.1, -0.05) is 44.2 Å². The lowest BCUT2D eigenvalue weighted by Gasteiger charge is -2.40. The maximum atomic E-state index is 14.9. The Morgan fingerprint density at radius 1 is 1.08 bits per heavy atom. The van der Waals surface area contributed by atoms with E-state index in [2.05, 4.69) is 16.0 Å². The summed E-state index contributed by atoms with van der Waals surface area (Å²) in [5, 5.41) is 26.8. The molecule has 4 amide bonds. The van der Waals surface area contributed by atoms with Crippen LogP contribution >= 0.6 is 0 Å². The van der Waals surface area contributed by atoms with Gasteiger partial charge in [-0.25, -0.2) is 9.18 Å². The number of carboxylic acids is 2. The van der Waals surface area contributed by atoms with Crippen LogP contribution in [0.5, 0.6) is 0 Å². The Morgan fingerprint density at radius 2 is 1.77 bits per heavy atom. The molecule has 208 valence electrons. The SMILES string of the molecule is CC(=O)N1C(c2ccccc2F)C(C(=O)O)CC1(NC(=O)Nc1cccc(CC(=O)O)c1)C(=O)NCC(C)C. The van der Waals surface area contributed by atoms with Gasteiger partial charge >= 0.3 is 18.0 Å². The normalized spacial score (nSPS) is 20.4. The van der Waals surface area contributed by atoms with E-state index in [4.69, 9.17) is 5.11 Å². The predicted molar refractivity (Wildman–Crippen MR) is 138 cm³/mol. The van der Waals surface area contributed by atoms with Crippen LogP contribution in [0.25, 0.3) is 0 Å². The van der Waals surface area contributed by atoms with Gasteiger partial charge in [-0.2, -0.15) is 0 Å². The van der Waals surface area contributed by atoms with Crippen molar-refractivity contribution >= 4 is 35.5 Å². The van der Waals surface area contributed by atoms with E-state index in [1.54, 1.807) is 6.07 Å². The highest BCUT2D eigenvalue weighted by molar-refractivity contribution is 5.99. The third-order valence-electron chi connectivity index (χ3n) is 6.37. The molecule has 5 N–H and O–H groups in total. The van der Waals surface area contributed by atoms with E-state index >= 15 is 0 Å². The zero-order chi connectivity index (χ0) is 28.9. The first-order valence-electron chi connectivity index (χ1n) is 12.3. The molecule has 2 aromatic carbocycles. The van der Waals surface area contributed by atoms with Gasteiger partial charge in [0.2, 0.25) is 5.91 Å². The number of nitrogens with zero attached hydrogens (tertiary/aromatic N) is 1. The number of anilines is 1. The lowest BCUT2D eigenvalue weighted by atomic mass is 9.91. The number of likely N-dealkylation sites (tertiary alicyclic amines) is 1. The summed E-state index contributed by atoms with van der Waals surface area (Å²) in [6, 6.07) is 9.02. The summed E-state index contributed by atoms with van der Waals surface area (Å²) in [7, 11) is 0. The lowest BCUT2D eigenvalue weighted by molar-refractivity contribution is -0.148. The van der Waals surface area contributed by atoms with Crippen LogP contribution < -0.4 is 16.0 Å². The Balaban J connectivity index is 2.07. The molecule has 2 aromatic rings. The number of carbonyl (C=O) groups excluding carboxylic acids is 3. The molecular formula is C27H31FN4O7. The number of hydrogen-bond acceptors (Lipinski definition) is 5. The number of carbonyl (C=O) groups is 5. The molecular weight excluding hydrogens is 511 g/mol. The van der Waals surface area contributed by atoms with Crippen LogP contribution in [0.1, 0.15) is 44.4 Å². The molecule has 0 saturated carbocycles. The van der Waals surface area contributed by atoms with Crippen LogP contribution in [0, 0.1) is 17.7 Å². The summed E-state index contributed by atoms with van der Waals surface area (Å²) in [5.74, 6) is -6.24. The summed E-state index contributed by atoms with van der Waals surface area (Å²) >= 11 is 0. The van der Waals surface area contributed by atoms with E-state index in [1.165, 1.54) is 36.4 Å². The molecule has 0 radical (unpaired) electrons. The highest BCUT2D eigenvalue weighted by Crippen LogP contribution is 2.47. The van der Waals surface area contributed by atoms with Gasteiger partial charge in [-0.15, -0.1) is 0 Å².